The van der Waals surface area contributed by atoms with E-state index in [0.29, 0.717) is 17.6 Å². The molecule has 2 unspecified atom stereocenters. The predicted octanol–water partition coefficient (Wildman–Crippen LogP) is 3.51. The van der Waals surface area contributed by atoms with Gasteiger partial charge in [-0.15, -0.1) is 0 Å². The number of nitrogens with zero attached hydrogens (tertiary/aromatic N) is 3. The van der Waals surface area contributed by atoms with Crippen LogP contribution >= 0.6 is 0 Å². The summed E-state index contributed by atoms with van der Waals surface area (Å²) in [5.74, 6) is 2.71. The van der Waals surface area contributed by atoms with Gasteiger partial charge in [0.25, 0.3) is 0 Å². The van der Waals surface area contributed by atoms with Crippen LogP contribution in [0.1, 0.15) is 59.7 Å². The van der Waals surface area contributed by atoms with Gasteiger partial charge in [0.05, 0.1) is 0 Å². The SMILES string of the molecule is CC(C)Cn1ncnc1CC(C)(C)C1CCC(C)CC1=O. The average molecular weight is 291 g/mol. The molecule has 118 valence electrons. The van der Waals surface area contributed by atoms with Gasteiger partial charge in [-0.1, -0.05) is 34.6 Å². The Hall–Kier alpha value is -1.19. The highest BCUT2D eigenvalue weighted by molar-refractivity contribution is 5.82. The Balaban J connectivity index is 2.10. The largest absolute Gasteiger partial charge is 0.299 e. The second-order valence-electron chi connectivity index (χ2n) is 7.82. The Labute approximate surface area is 128 Å². The summed E-state index contributed by atoms with van der Waals surface area (Å²) in [7, 11) is 0. The van der Waals surface area contributed by atoms with E-state index in [2.05, 4.69) is 44.7 Å². The van der Waals surface area contributed by atoms with E-state index in [4.69, 9.17) is 0 Å². The van der Waals surface area contributed by atoms with Gasteiger partial charge in [-0.05, 0) is 30.1 Å². The molecular formula is C17H29N3O. The van der Waals surface area contributed by atoms with Gasteiger partial charge in [0.1, 0.15) is 17.9 Å². The van der Waals surface area contributed by atoms with Gasteiger partial charge in [0.15, 0.2) is 0 Å². The van der Waals surface area contributed by atoms with Crippen molar-refractivity contribution >= 4 is 5.78 Å². The molecule has 2 rings (SSSR count). The summed E-state index contributed by atoms with van der Waals surface area (Å²) in [5, 5.41) is 4.34. The third kappa shape index (κ3) is 3.92. The molecule has 0 bridgehead atoms. The molecule has 4 heteroatoms. The average Bonchev–Trinajstić information content (AvgIpc) is 2.74. The van der Waals surface area contributed by atoms with Gasteiger partial charge in [0, 0.05) is 25.3 Å². The van der Waals surface area contributed by atoms with E-state index in [1.54, 1.807) is 6.33 Å². The van der Waals surface area contributed by atoms with Gasteiger partial charge < -0.3 is 0 Å². The highest BCUT2D eigenvalue weighted by Crippen LogP contribution is 2.39. The molecule has 1 saturated carbocycles. The van der Waals surface area contributed by atoms with Crippen LogP contribution in [-0.2, 0) is 17.8 Å². The third-order valence-electron chi connectivity index (χ3n) is 4.68. The Bertz CT molecular complexity index is 490. The lowest BCUT2D eigenvalue weighted by Gasteiger charge is -2.37. The topological polar surface area (TPSA) is 47.8 Å². The van der Waals surface area contributed by atoms with Crippen LogP contribution < -0.4 is 0 Å². The number of hydrogen-bond acceptors (Lipinski definition) is 3. The lowest BCUT2D eigenvalue weighted by atomic mass is 9.67. The van der Waals surface area contributed by atoms with Crippen molar-refractivity contribution < 1.29 is 4.79 Å². The molecule has 0 aliphatic heterocycles. The van der Waals surface area contributed by atoms with Crippen molar-refractivity contribution in [3.63, 3.8) is 0 Å². The third-order valence-corrected chi connectivity index (χ3v) is 4.68. The molecule has 0 aromatic carbocycles. The lowest BCUT2D eigenvalue weighted by Crippen LogP contribution is -2.37. The smallest absolute Gasteiger partial charge is 0.138 e. The second-order valence-corrected chi connectivity index (χ2v) is 7.82. The van der Waals surface area contributed by atoms with E-state index < -0.39 is 0 Å². The van der Waals surface area contributed by atoms with E-state index in [-0.39, 0.29) is 11.3 Å². The van der Waals surface area contributed by atoms with Crippen LogP contribution in [0.15, 0.2) is 6.33 Å². The van der Waals surface area contributed by atoms with Gasteiger partial charge in [-0.25, -0.2) is 9.67 Å². The van der Waals surface area contributed by atoms with Crippen molar-refractivity contribution in [2.24, 2.45) is 23.2 Å². The highest BCUT2D eigenvalue weighted by Gasteiger charge is 2.38. The molecule has 2 atom stereocenters. The molecule has 1 aliphatic carbocycles. The first kappa shape index (κ1) is 16.2. The maximum absolute atomic E-state index is 12.4. The second kappa shape index (κ2) is 6.29. The van der Waals surface area contributed by atoms with Crippen LogP contribution in [-0.4, -0.2) is 20.5 Å². The van der Waals surface area contributed by atoms with Gasteiger partial charge in [-0.2, -0.15) is 5.10 Å². The van der Waals surface area contributed by atoms with Crippen molar-refractivity contribution in [2.45, 2.75) is 66.8 Å². The van der Waals surface area contributed by atoms with E-state index in [1.165, 1.54) is 6.42 Å². The summed E-state index contributed by atoms with van der Waals surface area (Å²) in [5.41, 5.74) is -0.0427. The molecule has 0 saturated heterocycles. The molecule has 1 fully saturated rings. The molecule has 0 radical (unpaired) electrons. The van der Waals surface area contributed by atoms with Crippen molar-refractivity contribution in [3.8, 4) is 0 Å². The summed E-state index contributed by atoms with van der Waals surface area (Å²) in [6, 6.07) is 0. The monoisotopic (exact) mass is 291 g/mol. The minimum absolute atomic E-state index is 0.0427. The summed E-state index contributed by atoms with van der Waals surface area (Å²) in [6.45, 7) is 11.9. The van der Waals surface area contributed by atoms with Crippen LogP contribution in [0.25, 0.3) is 0 Å². The van der Waals surface area contributed by atoms with E-state index >= 15 is 0 Å². The van der Waals surface area contributed by atoms with E-state index in [1.807, 2.05) is 4.68 Å². The number of carbonyl (C=O) groups excluding carboxylic acids is 1. The highest BCUT2D eigenvalue weighted by atomic mass is 16.1. The number of rotatable bonds is 5. The van der Waals surface area contributed by atoms with E-state index in [9.17, 15) is 4.79 Å². The van der Waals surface area contributed by atoms with Crippen molar-refractivity contribution in [2.75, 3.05) is 0 Å². The predicted molar refractivity (Wildman–Crippen MR) is 83.9 cm³/mol. The van der Waals surface area contributed by atoms with Gasteiger partial charge in [0.2, 0.25) is 0 Å². The molecule has 0 amide bonds. The molecule has 0 spiro atoms. The first-order chi connectivity index (χ1) is 9.79. The molecule has 1 aromatic rings. The quantitative estimate of drug-likeness (QED) is 0.834. The summed E-state index contributed by atoms with van der Waals surface area (Å²) in [4.78, 5) is 16.8. The number of hydrogen-bond donors (Lipinski definition) is 0. The summed E-state index contributed by atoms with van der Waals surface area (Å²) >= 11 is 0. The Morgan fingerprint density at radius 2 is 2.10 bits per heavy atom. The zero-order chi connectivity index (χ0) is 15.6. The first-order valence-electron chi connectivity index (χ1n) is 8.19. The number of carbonyl (C=O) groups is 1. The van der Waals surface area contributed by atoms with Crippen LogP contribution in [0, 0.1) is 23.2 Å². The van der Waals surface area contributed by atoms with Crippen LogP contribution in [0.2, 0.25) is 0 Å². The number of aromatic nitrogens is 3. The molecule has 0 N–H and O–H groups in total. The zero-order valence-corrected chi connectivity index (χ0v) is 14.1. The fraction of sp³-hybridized carbons (Fsp3) is 0.824. The zero-order valence-electron chi connectivity index (χ0n) is 14.1. The Morgan fingerprint density at radius 1 is 1.38 bits per heavy atom. The molecule has 1 heterocycles. The molecule has 1 aliphatic rings. The minimum Gasteiger partial charge on any atom is -0.299 e. The standard InChI is InChI=1S/C17H29N3O/c1-12(2)10-20-16(18-11-19-20)9-17(4,5)14-7-6-13(3)8-15(14)21/h11-14H,6-10H2,1-5H3. The normalized spacial score (nSPS) is 23.8. The van der Waals surface area contributed by atoms with Gasteiger partial charge >= 0.3 is 0 Å². The maximum Gasteiger partial charge on any atom is 0.138 e. The molecule has 4 nitrogen and oxygen atoms in total. The number of Topliss-reactive ketones (excluding diaryl/α,β-unsaturated/α-hetero) is 1. The fourth-order valence-electron chi connectivity index (χ4n) is 3.48. The number of ketones is 1. The first-order valence-corrected chi connectivity index (χ1v) is 8.19. The van der Waals surface area contributed by atoms with Crippen LogP contribution in [0.5, 0.6) is 0 Å². The Kier molecular flexibility index (Phi) is 4.84. The van der Waals surface area contributed by atoms with Crippen molar-refractivity contribution in [3.05, 3.63) is 12.2 Å². The maximum atomic E-state index is 12.4. The summed E-state index contributed by atoms with van der Waals surface area (Å²) < 4.78 is 2.00. The lowest BCUT2D eigenvalue weighted by molar-refractivity contribution is -0.130. The fourth-order valence-corrected chi connectivity index (χ4v) is 3.48. The minimum atomic E-state index is -0.0427. The molecular weight excluding hydrogens is 262 g/mol. The van der Waals surface area contributed by atoms with Gasteiger partial charge in [-0.3, -0.25) is 4.79 Å². The summed E-state index contributed by atoms with van der Waals surface area (Å²) in [6.07, 6.45) is 5.39. The van der Waals surface area contributed by atoms with Crippen LogP contribution in [0.3, 0.4) is 0 Å². The van der Waals surface area contributed by atoms with E-state index in [0.717, 1.165) is 31.6 Å². The molecule has 21 heavy (non-hydrogen) atoms. The molecule has 1 aromatic heterocycles. The Morgan fingerprint density at radius 3 is 2.71 bits per heavy atom. The van der Waals surface area contributed by atoms with Crippen molar-refractivity contribution in [1.82, 2.24) is 14.8 Å². The van der Waals surface area contributed by atoms with Crippen LogP contribution in [0.4, 0.5) is 0 Å². The van der Waals surface area contributed by atoms with Crippen molar-refractivity contribution in [1.29, 1.82) is 0 Å².